The molecular formula is C9H19N3O2. The highest BCUT2D eigenvalue weighted by atomic mass is 16.2. The lowest BCUT2D eigenvalue weighted by Crippen LogP contribution is -2.38. The number of amides is 3. The van der Waals surface area contributed by atoms with Gasteiger partial charge in [-0.25, -0.2) is 4.79 Å². The van der Waals surface area contributed by atoms with E-state index in [-0.39, 0.29) is 11.9 Å². The molecule has 0 saturated carbocycles. The van der Waals surface area contributed by atoms with E-state index >= 15 is 0 Å². The van der Waals surface area contributed by atoms with Crippen molar-refractivity contribution in [3.05, 3.63) is 0 Å². The van der Waals surface area contributed by atoms with Crippen molar-refractivity contribution >= 4 is 11.9 Å². The number of hydrogen-bond acceptors (Lipinski definition) is 2. The average molecular weight is 201 g/mol. The zero-order chi connectivity index (χ0) is 11.0. The van der Waals surface area contributed by atoms with Crippen LogP contribution in [0.5, 0.6) is 0 Å². The number of urea groups is 1. The lowest BCUT2D eigenvalue weighted by molar-refractivity contribution is -0.120. The second-order valence-corrected chi connectivity index (χ2v) is 2.95. The van der Waals surface area contributed by atoms with Gasteiger partial charge in [0.15, 0.2) is 0 Å². The maximum atomic E-state index is 11.2. The molecule has 0 aliphatic rings. The predicted molar refractivity (Wildman–Crippen MR) is 55.0 cm³/mol. The summed E-state index contributed by atoms with van der Waals surface area (Å²) in [5.74, 6) is -0.0352. The molecule has 14 heavy (non-hydrogen) atoms. The van der Waals surface area contributed by atoms with E-state index in [4.69, 9.17) is 0 Å². The van der Waals surface area contributed by atoms with Crippen LogP contribution >= 0.6 is 0 Å². The highest BCUT2D eigenvalue weighted by Gasteiger charge is 2.05. The Balaban J connectivity index is 3.54. The molecule has 5 heteroatoms. The third-order valence-electron chi connectivity index (χ3n) is 1.82. The SMILES string of the molecule is CCNC(=O)CCNC(=O)N(C)CC. The van der Waals surface area contributed by atoms with Crippen LogP contribution in [0.15, 0.2) is 0 Å². The molecule has 82 valence electrons. The Bertz CT molecular complexity index is 194. The van der Waals surface area contributed by atoms with E-state index in [0.717, 1.165) is 0 Å². The van der Waals surface area contributed by atoms with Crippen LogP contribution in [-0.2, 0) is 4.79 Å². The number of nitrogens with zero attached hydrogens (tertiary/aromatic N) is 1. The summed E-state index contributed by atoms with van der Waals surface area (Å²) in [7, 11) is 1.71. The smallest absolute Gasteiger partial charge is 0.317 e. The zero-order valence-corrected chi connectivity index (χ0v) is 9.09. The van der Waals surface area contributed by atoms with Crippen LogP contribution in [0.3, 0.4) is 0 Å². The molecule has 0 radical (unpaired) electrons. The van der Waals surface area contributed by atoms with E-state index in [1.54, 1.807) is 11.9 Å². The van der Waals surface area contributed by atoms with Crippen LogP contribution in [0.25, 0.3) is 0 Å². The van der Waals surface area contributed by atoms with Gasteiger partial charge in [-0.2, -0.15) is 0 Å². The highest BCUT2D eigenvalue weighted by Crippen LogP contribution is 1.83. The largest absolute Gasteiger partial charge is 0.356 e. The molecule has 3 amide bonds. The Morgan fingerprint density at radius 1 is 1.21 bits per heavy atom. The van der Waals surface area contributed by atoms with Crippen LogP contribution in [0, 0.1) is 0 Å². The molecule has 2 N–H and O–H groups in total. The minimum Gasteiger partial charge on any atom is -0.356 e. The van der Waals surface area contributed by atoms with Crippen LogP contribution in [-0.4, -0.2) is 43.5 Å². The van der Waals surface area contributed by atoms with Crippen molar-refractivity contribution < 1.29 is 9.59 Å². The van der Waals surface area contributed by atoms with Crippen LogP contribution < -0.4 is 10.6 Å². The van der Waals surface area contributed by atoms with Crippen molar-refractivity contribution in [3.63, 3.8) is 0 Å². The monoisotopic (exact) mass is 201 g/mol. The lowest BCUT2D eigenvalue weighted by Gasteiger charge is -2.15. The topological polar surface area (TPSA) is 61.4 Å². The van der Waals surface area contributed by atoms with Crippen LogP contribution in [0.2, 0.25) is 0 Å². The highest BCUT2D eigenvalue weighted by molar-refractivity contribution is 5.78. The summed E-state index contributed by atoms with van der Waals surface area (Å²) in [4.78, 5) is 23.7. The number of nitrogens with one attached hydrogen (secondary N) is 2. The van der Waals surface area contributed by atoms with Gasteiger partial charge in [-0.1, -0.05) is 0 Å². The standard InChI is InChI=1S/C9H19N3O2/c1-4-10-8(13)6-7-11-9(14)12(3)5-2/h4-7H2,1-3H3,(H,10,13)(H,11,14). The molecule has 0 fully saturated rings. The predicted octanol–water partition coefficient (Wildman–Crippen LogP) is 0.174. The maximum Gasteiger partial charge on any atom is 0.317 e. The summed E-state index contributed by atoms with van der Waals surface area (Å²) < 4.78 is 0. The molecule has 0 bridgehead atoms. The first-order valence-electron chi connectivity index (χ1n) is 4.87. The number of carbonyl (C=O) groups is 2. The Morgan fingerprint density at radius 2 is 1.86 bits per heavy atom. The molecule has 5 nitrogen and oxygen atoms in total. The molecule has 0 unspecified atom stereocenters. The number of rotatable bonds is 5. The summed E-state index contributed by atoms with van der Waals surface area (Å²) in [6.07, 6.45) is 0.330. The zero-order valence-electron chi connectivity index (χ0n) is 9.09. The van der Waals surface area contributed by atoms with Gasteiger partial charge in [0.1, 0.15) is 0 Å². The maximum absolute atomic E-state index is 11.2. The number of carbonyl (C=O) groups excluding carboxylic acids is 2. The second-order valence-electron chi connectivity index (χ2n) is 2.95. The van der Waals surface area contributed by atoms with Gasteiger partial charge < -0.3 is 15.5 Å². The van der Waals surface area contributed by atoms with Gasteiger partial charge in [-0.15, -0.1) is 0 Å². The molecule has 0 aromatic carbocycles. The van der Waals surface area contributed by atoms with Gasteiger partial charge in [0.25, 0.3) is 0 Å². The van der Waals surface area contributed by atoms with Gasteiger partial charge in [-0.05, 0) is 13.8 Å². The normalized spacial score (nSPS) is 9.36. The summed E-state index contributed by atoms with van der Waals surface area (Å²) >= 11 is 0. The first kappa shape index (κ1) is 12.7. The van der Waals surface area contributed by atoms with E-state index < -0.39 is 0 Å². The molecule has 0 aromatic rings. The minimum atomic E-state index is -0.142. The first-order chi connectivity index (χ1) is 6.61. The van der Waals surface area contributed by atoms with Gasteiger partial charge in [0, 0.05) is 33.1 Å². The van der Waals surface area contributed by atoms with E-state index in [1.807, 2.05) is 13.8 Å². The van der Waals surface area contributed by atoms with Gasteiger partial charge in [-0.3, -0.25) is 4.79 Å². The number of hydrogen-bond donors (Lipinski definition) is 2. The lowest BCUT2D eigenvalue weighted by atomic mass is 10.4. The fourth-order valence-electron chi connectivity index (χ4n) is 0.847. The molecule has 0 rings (SSSR count). The molecule has 0 aliphatic heterocycles. The van der Waals surface area contributed by atoms with Gasteiger partial charge in [0.2, 0.25) is 5.91 Å². The molecule has 0 aliphatic carbocycles. The second kappa shape index (κ2) is 7.17. The van der Waals surface area contributed by atoms with Crippen molar-refractivity contribution in [2.75, 3.05) is 26.7 Å². The fraction of sp³-hybridized carbons (Fsp3) is 0.778. The van der Waals surface area contributed by atoms with Crippen LogP contribution in [0.4, 0.5) is 4.79 Å². The molecule has 0 atom stereocenters. The Hall–Kier alpha value is -1.26. The van der Waals surface area contributed by atoms with Crippen molar-refractivity contribution in [1.29, 1.82) is 0 Å². The van der Waals surface area contributed by atoms with Gasteiger partial charge >= 0.3 is 6.03 Å². The molecule has 0 aromatic heterocycles. The van der Waals surface area contributed by atoms with Crippen LogP contribution in [0.1, 0.15) is 20.3 Å². The van der Waals surface area contributed by atoms with Gasteiger partial charge in [0.05, 0.1) is 0 Å². The Labute approximate surface area is 84.8 Å². The Morgan fingerprint density at radius 3 is 2.36 bits per heavy atom. The summed E-state index contributed by atoms with van der Waals surface area (Å²) in [5.41, 5.74) is 0. The minimum absolute atomic E-state index is 0.0352. The van der Waals surface area contributed by atoms with E-state index in [1.165, 1.54) is 0 Å². The first-order valence-corrected chi connectivity index (χ1v) is 4.87. The van der Waals surface area contributed by atoms with E-state index in [2.05, 4.69) is 10.6 Å². The molecule has 0 heterocycles. The quantitative estimate of drug-likeness (QED) is 0.666. The average Bonchev–Trinajstić information content (AvgIpc) is 2.16. The molecule has 0 spiro atoms. The van der Waals surface area contributed by atoms with Crippen molar-refractivity contribution in [1.82, 2.24) is 15.5 Å². The third-order valence-corrected chi connectivity index (χ3v) is 1.82. The van der Waals surface area contributed by atoms with Crippen molar-refractivity contribution in [2.45, 2.75) is 20.3 Å². The summed E-state index contributed by atoms with van der Waals surface area (Å²) in [5, 5.41) is 5.31. The van der Waals surface area contributed by atoms with Crippen molar-refractivity contribution in [2.24, 2.45) is 0 Å². The van der Waals surface area contributed by atoms with E-state index in [0.29, 0.717) is 26.1 Å². The molecular weight excluding hydrogens is 182 g/mol. The Kier molecular flexibility index (Phi) is 6.53. The summed E-state index contributed by atoms with van der Waals surface area (Å²) in [6.45, 7) is 5.42. The third kappa shape index (κ3) is 5.40. The van der Waals surface area contributed by atoms with Crippen molar-refractivity contribution in [3.8, 4) is 0 Å². The fourth-order valence-corrected chi connectivity index (χ4v) is 0.847. The summed E-state index contributed by atoms with van der Waals surface area (Å²) in [6, 6.07) is -0.142. The molecule has 0 saturated heterocycles. The van der Waals surface area contributed by atoms with E-state index in [9.17, 15) is 9.59 Å².